The lowest BCUT2D eigenvalue weighted by Gasteiger charge is -2.20. The van der Waals surface area contributed by atoms with Crippen LogP contribution in [0.4, 0.5) is 5.13 Å². The Morgan fingerprint density at radius 2 is 2.32 bits per heavy atom. The molecular formula is C12H19N3O3S. The van der Waals surface area contributed by atoms with Crippen LogP contribution in [0.15, 0.2) is 11.6 Å². The quantitative estimate of drug-likeness (QED) is 0.732. The number of rotatable bonds is 8. The van der Waals surface area contributed by atoms with Gasteiger partial charge >= 0.3 is 0 Å². The molecule has 0 atom stereocenters. The molecule has 0 unspecified atom stereocenters. The lowest BCUT2D eigenvalue weighted by Crippen LogP contribution is -2.37. The fourth-order valence-corrected chi connectivity index (χ4v) is 2.01. The van der Waals surface area contributed by atoms with E-state index in [2.05, 4.69) is 10.3 Å². The summed E-state index contributed by atoms with van der Waals surface area (Å²) in [6.45, 7) is 5.18. The zero-order valence-corrected chi connectivity index (χ0v) is 12.0. The van der Waals surface area contributed by atoms with Gasteiger partial charge in [-0.3, -0.25) is 9.59 Å². The van der Waals surface area contributed by atoms with Crippen molar-refractivity contribution in [3.05, 3.63) is 11.6 Å². The van der Waals surface area contributed by atoms with E-state index in [-0.39, 0.29) is 18.4 Å². The van der Waals surface area contributed by atoms with E-state index in [9.17, 15) is 9.59 Å². The van der Waals surface area contributed by atoms with Crippen molar-refractivity contribution >= 4 is 28.3 Å². The third-order valence-corrected chi connectivity index (χ3v) is 3.07. The standard InChI is InChI=1S/C12H19N3O3S/c1-3-18-7-4-6-15(10(2)16)9-11(17)14-12-13-5-8-19-12/h5,8H,3-4,6-7,9H2,1-2H3,(H,13,14,17). The second-order valence-electron chi connectivity index (χ2n) is 3.88. The van der Waals surface area contributed by atoms with Crippen LogP contribution in [-0.2, 0) is 14.3 Å². The minimum absolute atomic E-state index is 0.0427. The predicted molar refractivity (Wildman–Crippen MR) is 74.1 cm³/mol. The molecule has 0 aromatic carbocycles. The molecule has 2 amide bonds. The second kappa shape index (κ2) is 8.60. The van der Waals surface area contributed by atoms with Gasteiger partial charge in [0.2, 0.25) is 11.8 Å². The summed E-state index contributed by atoms with van der Waals surface area (Å²) in [5.74, 6) is -0.354. The number of hydrogen-bond acceptors (Lipinski definition) is 5. The molecule has 1 heterocycles. The van der Waals surface area contributed by atoms with Crippen LogP contribution in [-0.4, -0.2) is 48.0 Å². The van der Waals surface area contributed by atoms with Gasteiger partial charge < -0.3 is 15.0 Å². The predicted octanol–water partition coefficient (Wildman–Crippen LogP) is 1.36. The Hall–Kier alpha value is -1.47. The first-order valence-electron chi connectivity index (χ1n) is 6.16. The van der Waals surface area contributed by atoms with Crippen molar-refractivity contribution < 1.29 is 14.3 Å². The summed E-state index contributed by atoms with van der Waals surface area (Å²) < 4.78 is 5.21. The van der Waals surface area contributed by atoms with Crippen molar-refractivity contribution in [1.82, 2.24) is 9.88 Å². The molecule has 106 valence electrons. The largest absolute Gasteiger partial charge is 0.382 e. The molecule has 1 N–H and O–H groups in total. The maximum atomic E-state index is 11.7. The van der Waals surface area contributed by atoms with Crippen LogP contribution in [0.3, 0.4) is 0 Å². The molecule has 1 aromatic heterocycles. The molecule has 0 bridgehead atoms. The molecule has 1 aromatic rings. The van der Waals surface area contributed by atoms with Crippen molar-refractivity contribution in [2.24, 2.45) is 0 Å². The normalized spacial score (nSPS) is 10.2. The lowest BCUT2D eigenvalue weighted by atomic mass is 10.3. The number of nitrogens with zero attached hydrogens (tertiary/aromatic N) is 2. The van der Waals surface area contributed by atoms with Gasteiger partial charge in [-0.25, -0.2) is 4.98 Å². The summed E-state index contributed by atoms with van der Waals surface area (Å²) >= 11 is 1.34. The van der Waals surface area contributed by atoms with Gasteiger partial charge in [-0.2, -0.15) is 0 Å². The minimum atomic E-state index is -0.235. The summed E-state index contributed by atoms with van der Waals surface area (Å²) in [6.07, 6.45) is 2.34. The fraction of sp³-hybridized carbons (Fsp3) is 0.583. The van der Waals surface area contributed by atoms with E-state index in [0.29, 0.717) is 24.9 Å². The number of thiazole rings is 1. The topological polar surface area (TPSA) is 71.5 Å². The van der Waals surface area contributed by atoms with Gasteiger partial charge in [-0.15, -0.1) is 11.3 Å². The average molecular weight is 285 g/mol. The Morgan fingerprint density at radius 1 is 1.53 bits per heavy atom. The summed E-state index contributed by atoms with van der Waals surface area (Å²) in [5, 5.41) is 4.97. The lowest BCUT2D eigenvalue weighted by molar-refractivity contribution is -0.132. The number of carbonyl (C=O) groups excluding carboxylic acids is 2. The monoisotopic (exact) mass is 285 g/mol. The van der Waals surface area contributed by atoms with Crippen LogP contribution in [0.5, 0.6) is 0 Å². The third kappa shape index (κ3) is 6.30. The van der Waals surface area contributed by atoms with Gasteiger partial charge in [0.25, 0.3) is 0 Å². The molecule has 0 radical (unpaired) electrons. The maximum Gasteiger partial charge on any atom is 0.245 e. The van der Waals surface area contributed by atoms with E-state index in [4.69, 9.17) is 4.74 Å². The Balaban J connectivity index is 2.35. The first-order chi connectivity index (χ1) is 9.13. The van der Waals surface area contributed by atoms with Gasteiger partial charge in [-0.05, 0) is 13.3 Å². The molecule has 0 aliphatic heterocycles. The first-order valence-corrected chi connectivity index (χ1v) is 7.04. The summed E-state index contributed by atoms with van der Waals surface area (Å²) in [6, 6.07) is 0. The highest BCUT2D eigenvalue weighted by Gasteiger charge is 2.13. The number of ether oxygens (including phenoxy) is 1. The van der Waals surface area contributed by atoms with E-state index in [1.54, 1.807) is 11.6 Å². The molecule has 6 nitrogen and oxygen atoms in total. The number of aromatic nitrogens is 1. The molecule has 0 saturated carbocycles. The van der Waals surface area contributed by atoms with E-state index in [0.717, 1.165) is 6.42 Å². The van der Waals surface area contributed by atoms with Crippen molar-refractivity contribution in [2.75, 3.05) is 31.6 Å². The van der Waals surface area contributed by atoms with Crippen molar-refractivity contribution in [3.8, 4) is 0 Å². The highest BCUT2D eigenvalue weighted by Crippen LogP contribution is 2.10. The SMILES string of the molecule is CCOCCCN(CC(=O)Nc1nccs1)C(C)=O. The highest BCUT2D eigenvalue weighted by atomic mass is 32.1. The van der Waals surface area contributed by atoms with Crippen molar-refractivity contribution in [2.45, 2.75) is 20.3 Å². The van der Waals surface area contributed by atoms with E-state index < -0.39 is 0 Å². The smallest absolute Gasteiger partial charge is 0.245 e. The van der Waals surface area contributed by atoms with Crippen LogP contribution in [0.2, 0.25) is 0 Å². The van der Waals surface area contributed by atoms with Crippen molar-refractivity contribution in [1.29, 1.82) is 0 Å². The van der Waals surface area contributed by atoms with Crippen LogP contribution >= 0.6 is 11.3 Å². The van der Waals surface area contributed by atoms with Gasteiger partial charge in [0.1, 0.15) is 0 Å². The summed E-state index contributed by atoms with van der Waals surface area (Å²) in [7, 11) is 0. The molecule has 0 spiro atoms. The first kappa shape index (κ1) is 15.6. The molecule has 0 aliphatic rings. The molecule has 7 heteroatoms. The Morgan fingerprint density at radius 3 is 2.89 bits per heavy atom. The third-order valence-electron chi connectivity index (χ3n) is 2.38. The number of amides is 2. The molecule has 0 fully saturated rings. The summed E-state index contributed by atoms with van der Waals surface area (Å²) in [4.78, 5) is 28.6. The highest BCUT2D eigenvalue weighted by molar-refractivity contribution is 7.13. The fourth-order valence-electron chi connectivity index (χ4n) is 1.47. The van der Waals surface area contributed by atoms with Crippen LogP contribution < -0.4 is 5.32 Å². The van der Waals surface area contributed by atoms with Crippen LogP contribution in [0, 0.1) is 0 Å². The van der Waals surface area contributed by atoms with Crippen molar-refractivity contribution in [3.63, 3.8) is 0 Å². The van der Waals surface area contributed by atoms with Gasteiger partial charge in [-0.1, -0.05) is 0 Å². The molecule has 0 aliphatic carbocycles. The van der Waals surface area contributed by atoms with E-state index in [1.165, 1.54) is 23.2 Å². The number of hydrogen-bond donors (Lipinski definition) is 1. The number of carbonyl (C=O) groups is 2. The molecule has 1 rings (SSSR count). The van der Waals surface area contributed by atoms with Crippen LogP contribution in [0.25, 0.3) is 0 Å². The molecular weight excluding hydrogens is 266 g/mol. The average Bonchev–Trinajstić information content (AvgIpc) is 2.85. The van der Waals surface area contributed by atoms with Gasteiger partial charge in [0.05, 0.1) is 6.54 Å². The van der Waals surface area contributed by atoms with Crippen LogP contribution in [0.1, 0.15) is 20.3 Å². The Kier molecular flexibility index (Phi) is 7.06. The maximum absolute atomic E-state index is 11.7. The summed E-state index contributed by atoms with van der Waals surface area (Å²) in [5.41, 5.74) is 0. The number of nitrogens with one attached hydrogen (secondary N) is 1. The van der Waals surface area contributed by atoms with Gasteiger partial charge in [0, 0.05) is 38.3 Å². The molecule has 19 heavy (non-hydrogen) atoms. The Labute approximate surface area is 116 Å². The van der Waals surface area contributed by atoms with E-state index in [1.807, 2.05) is 6.92 Å². The second-order valence-corrected chi connectivity index (χ2v) is 4.77. The zero-order chi connectivity index (χ0) is 14.1. The van der Waals surface area contributed by atoms with E-state index >= 15 is 0 Å². The number of anilines is 1. The Bertz CT molecular complexity index is 395. The molecule has 0 saturated heterocycles. The van der Waals surface area contributed by atoms with Gasteiger partial charge in [0.15, 0.2) is 5.13 Å². The zero-order valence-electron chi connectivity index (χ0n) is 11.2. The minimum Gasteiger partial charge on any atom is -0.382 e.